The number of aryl methyl sites for hydroxylation is 1. The van der Waals surface area contributed by atoms with Crippen LogP contribution in [0, 0.1) is 6.92 Å². The number of anilines is 1. The van der Waals surface area contributed by atoms with Crippen LogP contribution in [-0.2, 0) is 4.79 Å². The van der Waals surface area contributed by atoms with E-state index in [9.17, 15) is 4.79 Å². The van der Waals surface area contributed by atoms with Gasteiger partial charge in [-0.2, -0.15) is 0 Å². The summed E-state index contributed by atoms with van der Waals surface area (Å²) in [5, 5.41) is 18.9. The first-order chi connectivity index (χ1) is 7.85. The fraction of sp³-hybridized carbons (Fsp3) is 0.700. The Kier molecular flexibility index (Phi) is 4.19. The van der Waals surface area contributed by atoms with Crippen molar-refractivity contribution in [1.29, 1.82) is 0 Å². The fourth-order valence-corrected chi connectivity index (χ4v) is 1.06. The zero-order chi connectivity index (χ0) is 13.1. The first-order valence-electron chi connectivity index (χ1n) is 5.27. The smallest absolute Gasteiger partial charge is 0.322 e. The summed E-state index contributed by atoms with van der Waals surface area (Å²) in [5.74, 6) is 0.127. The third kappa shape index (κ3) is 3.79. The largest absolute Gasteiger partial charge is 0.408 e. The van der Waals surface area contributed by atoms with E-state index in [2.05, 4.69) is 15.5 Å². The van der Waals surface area contributed by atoms with Crippen LogP contribution in [0.4, 0.5) is 6.01 Å². The fourth-order valence-electron chi connectivity index (χ4n) is 1.06. The molecule has 0 spiro atoms. The van der Waals surface area contributed by atoms with Crippen molar-refractivity contribution in [2.75, 3.05) is 25.5 Å². The molecule has 0 saturated carbocycles. The van der Waals surface area contributed by atoms with Gasteiger partial charge in [-0.3, -0.25) is 15.0 Å². The molecule has 0 bridgehead atoms. The van der Waals surface area contributed by atoms with Crippen molar-refractivity contribution in [2.24, 2.45) is 0 Å². The van der Waals surface area contributed by atoms with Crippen LogP contribution in [-0.4, -0.2) is 51.8 Å². The zero-order valence-corrected chi connectivity index (χ0v) is 10.5. The van der Waals surface area contributed by atoms with Crippen LogP contribution in [0.2, 0.25) is 0 Å². The maximum absolute atomic E-state index is 11.6. The zero-order valence-electron chi connectivity index (χ0n) is 10.5. The van der Waals surface area contributed by atoms with Crippen molar-refractivity contribution >= 4 is 11.9 Å². The second-order valence-electron chi connectivity index (χ2n) is 4.50. The van der Waals surface area contributed by atoms with Crippen LogP contribution in [0.3, 0.4) is 0 Å². The third-order valence-electron chi connectivity index (χ3n) is 2.57. The Bertz CT molecular complexity index is 389. The van der Waals surface area contributed by atoms with Gasteiger partial charge in [0.2, 0.25) is 11.8 Å². The van der Waals surface area contributed by atoms with Gasteiger partial charge in [-0.1, -0.05) is 5.10 Å². The van der Waals surface area contributed by atoms with E-state index >= 15 is 0 Å². The van der Waals surface area contributed by atoms with Gasteiger partial charge < -0.3 is 9.52 Å². The number of likely N-dealkylation sites (N-methyl/N-ethyl adjacent to an activating group) is 1. The van der Waals surface area contributed by atoms with Gasteiger partial charge in [0.05, 0.1) is 13.2 Å². The monoisotopic (exact) mass is 242 g/mol. The molecule has 2 N–H and O–H groups in total. The Morgan fingerprint density at radius 3 is 2.65 bits per heavy atom. The Labute approximate surface area is 99.8 Å². The number of carbonyl (C=O) groups excluding carboxylic acids is 1. The lowest BCUT2D eigenvalue weighted by Gasteiger charge is -2.32. The van der Waals surface area contributed by atoms with Gasteiger partial charge in [-0.05, 0) is 20.9 Å². The number of carbonyl (C=O) groups is 1. The highest BCUT2D eigenvalue weighted by Crippen LogP contribution is 2.11. The molecule has 1 aromatic heterocycles. The van der Waals surface area contributed by atoms with E-state index in [4.69, 9.17) is 9.52 Å². The minimum Gasteiger partial charge on any atom is -0.408 e. The second kappa shape index (κ2) is 5.24. The standard InChI is InChI=1S/C10H18N4O3/c1-7-12-13-9(17-7)11-8(16)5-14(4)10(2,3)6-15/h15H,5-6H2,1-4H3,(H,11,13,16). The SMILES string of the molecule is Cc1nnc(NC(=O)CN(C)C(C)(C)CO)o1. The predicted molar refractivity (Wildman–Crippen MR) is 61.5 cm³/mol. The predicted octanol–water partition coefficient (Wildman–Crippen LogP) is 0.0192. The molecule has 1 rings (SSSR count). The number of rotatable bonds is 5. The first-order valence-corrected chi connectivity index (χ1v) is 5.27. The number of hydrogen-bond donors (Lipinski definition) is 2. The molecular weight excluding hydrogens is 224 g/mol. The molecule has 0 aliphatic heterocycles. The summed E-state index contributed by atoms with van der Waals surface area (Å²) in [4.78, 5) is 13.4. The number of aromatic nitrogens is 2. The Balaban J connectivity index is 2.50. The van der Waals surface area contributed by atoms with Crippen LogP contribution in [0.15, 0.2) is 4.42 Å². The average Bonchev–Trinajstić information content (AvgIpc) is 2.63. The second-order valence-corrected chi connectivity index (χ2v) is 4.50. The van der Waals surface area contributed by atoms with Crippen LogP contribution in [0.1, 0.15) is 19.7 Å². The molecule has 1 aromatic rings. The molecule has 0 unspecified atom stereocenters. The lowest BCUT2D eigenvalue weighted by atomic mass is 10.1. The van der Waals surface area contributed by atoms with Crippen molar-refractivity contribution in [3.63, 3.8) is 0 Å². The summed E-state index contributed by atoms with van der Waals surface area (Å²) >= 11 is 0. The number of nitrogens with one attached hydrogen (secondary N) is 1. The molecule has 1 heterocycles. The highest BCUT2D eigenvalue weighted by atomic mass is 16.4. The Morgan fingerprint density at radius 2 is 2.18 bits per heavy atom. The van der Waals surface area contributed by atoms with Gasteiger partial charge in [0.25, 0.3) is 0 Å². The van der Waals surface area contributed by atoms with Crippen molar-refractivity contribution < 1.29 is 14.3 Å². The maximum atomic E-state index is 11.6. The van der Waals surface area contributed by atoms with Crippen LogP contribution >= 0.6 is 0 Å². The topological polar surface area (TPSA) is 91.5 Å². The highest BCUT2D eigenvalue weighted by molar-refractivity contribution is 5.90. The van der Waals surface area contributed by atoms with E-state index in [0.717, 1.165) is 0 Å². The minimum absolute atomic E-state index is 0.0313. The molecule has 0 atom stereocenters. The van der Waals surface area contributed by atoms with E-state index in [1.807, 2.05) is 13.8 Å². The third-order valence-corrected chi connectivity index (χ3v) is 2.57. The van der Waals surface area contributed by atoms with Crippen LogP contribution < -0.4 is 5.32 Å². The van der Waals surface area contributed by atoms with Gasteiger partial charge in [0.1, 0.15) is 0 Å². The number of amides is 1. The summed E-state index contributed by atoms with van der Waals surface area (Å²) in [6.07, 6.45) is 0. The van der Waals surface area contributed by atoms with Gasteiger partial charge in [0, 0.05) is 12.5 Å². The maximum Gasteiger partial charge on any atom is 0.322 e. The van der Waals surface area contributed by atoms with E-state index in [-0.39, 0.29) is 25.1 Å². The molecule has 1 amide bonds. The molecule has 0 saturated heterocycles. The summed E-state index contributed by atoms with van der Waals surface area (Å²) in [7, 11) is 1.76. The van der Waals surface area contributed by atoms with Gasteiger partial charge in [0.15, 0.2) is 0 Å². The summed E-state index contributed by atoms with van der Waals surface area (Å²) in [6, 6.07) is 0.0858. The minimum atomic E-state index is -0.456. The van der Waals surface area contributed by atoms with Crippen LogP contribution in [0.25, 0.3) is 0 Å². The molecule has 7 nitrogen and oxygen atoms in total. The molecule has 96 valence electrons. The molecule has 0 aliphatic rings. The van der Waals surface area contributed by atoms with Crippen LogP contribution in [0.5, 0.6) is 0 Å². The molecule has 0 aliphatic carbocycles. The van der Waals surface area contributed by atoms with Crippen molar-refractivity contribution in [1.82, 2.24) is 15.1 Å². The Morgan fingerprint density at radius 1 is 1.53 bits per heavy atom. The molecular formula is C10H18N4O3. The quantitative estimate of drug-likeness (QED) is 0.756. The number of nitrogens with zero attached hydrogens (tertiary/aromatic N) is 3. The summed E-state index contributed by atoms with van der Waals surface area (Å²) in [5.41, 5.74) is -0.456. The molecule has 0 radical (unpaired) electrons. The van der Waals surface area contributed by atoms with E-state index in [0.29, 0.717) is 5.89 Å². The highest BCUT2D eigenvalue weighted by Gasteiger charge is 2.24. The van der Waals surface area contributed by atoms with Crippen molar-refractivity contribution in [2.45, 2.75) is 26.3 Å². The molecule has 7 heteroatoms. The molecule has 0 fully saturated rings. The normalized spacial score (nSPS) is 11.9. The van der Waals surface area contributed by atoms with E-state index < -0.39 is 5.54 Å². The average molecular weight is 242 g/mol. The summed E-state index contributed by atoms with van der Waals surface area (Å²) in [6.45, 7) is 5.43. The van der Waals surface area contributed by atoms with E-state index in [1.54, 1.807) is 18.9 Å². The van der Waals surface area contributed by atoms with Gasteiger partial charge in [-0.25, -0.2) is 0 Å². The lowest BCUT2D eigenvalue weighted by molar-refractivity contribution is -0.118. The van der Waals surface area contributed by atoms with Crippen molar-refractivity contribution in [3.05, 3.63) is 5.89 Å². The first kappa shape index (κ1) is 13.6. The van der Waals surface area contributed by atoms with E-state index in [1.165, 1.54) is 0 Å². The molecule has 0 aromatic carbocycles. The Hall–Kier alpha value is -1.47. The lowest BCUT2D eigenvalue weighted by Crippen LogP contribution is -2.47. The molecule has 17 heavy (non-hydrogen) atoms. The number of aliphatic hydroxyl groups is 1. The number of hydrogen-bond acceptors (Lipinski definition) is 6. The number of aliphatic hydroxyl groups excluding tert-OH is 1. The van der Waals surface area contributed by atoms with Crippen molar-refractivity contribution in [3.8, 4) is 0 Å². The van der Waals surface area contributed by atoms with Gasteiger partial charge >= 0.3 is 6.01 Å². The summed E-state index contributed by atoms with van der Waals surface area (Å²) < 4.78 is 5.03. The van der Waals surface area contributed by atoms with Gasteiger partial charge in [-0.15, -0.1) is 5.10 Å².